The van der Waals surface area contributed by atoms with Crippen LogP contribution in [0.1, 0.15) is 143 Å². The number of imide groups is 2. The van der Waals surface area contributed by atoms with E-state index in [-0.39, 0.29) is 42.1 Å². The molecule has 0 saturated carbocycles. The summed E-state index contributed by atoms with van der Waals surface area (Å²) in [6, 6.07) is 73.7. The summed E-state index contributed by atoms with van der Waals surface area (Å²) in [6.07, 6.45) is 5.51. The first-order chi connectivity index (χ1) is 48.9. The van der Waals surface area contributed by atoms with Crippen LogP contribution in [0.3, 0.4) is 0 Å². The van der Waals surface area contributed by atoms with Crippen molar-refractivity contribution in [1.29, 1.82) is 0 Å². The van der Waals surface area contributed by atoms with E-state index < -0.39 is 58.5 Å². The highest BCUT2D eigenvalue weighted by molar-refractivity contribution is 5.99. The maximum atomic E-state index is 12.6. The second-order valence-corrected chi connectivity index (χ2v) is 30.2. The molecule has 8 aromatic rings. The molecule has 0 bridgehead atoms. The van der Waals surface area contributed by atoms with Crippen LogP contribution in [0.25, 0.3) is 44.5 Å². The summed E-state index contributed by atoms with van der Waals surface area (Å²) in [4.78, 5) is 101. The van der Waals surface area contributed by atoms with Gasteiger partial charge < -0.3 is 29.6 Å². The van der Waals surface area contributed by atoms with Crippen molar-refractivity contribution in [2.75, 3.05) is 0 Å². The van der Waals surface area contributed by atoms with Crippen molar-refractivity contribution in [3.05, 3.63) is 241 Å². The number of amides is 6. The van der Waals surface area contributed by atoms with Crippen molar-refractivity contribution in [1.82, 2.24) is 20.4 Å². The Balaban J connectivity index is 0.000000162. The van der Waals surface area contributed by atoms with Crippen molar-refractivity contribution in [3.8, 4) is 44.5 Å². The number of likely N-dealkylation sites (tertiary alicyclic amines) is 2. The minimum Gasteiger partial charge on any atom is -0.444 e. The number of cyclic esters (lactones) is 2. The molecular formula is C87H98N4O12. The predicted molar refractivity (Wildman–Crippen MR) is 401 cm³/mol. The van der Waals surface area contributed by atoms with Gasteiger partial charge in [-0.15, -0.1) is 0 Å². The van der Waals surface area contributed by atoms with Gasteiger partial charge in [0.1, 0.15) is 11.2 Å². The van der Waals surface area contributed by atoms with Crippen LogP contribution in [0.15, 0.2) is 218 Å². The Hall–Kier alpha value is -10.5. The molecule has 8 aromatic carbocycles. The molecule has 103 heavy (non-hydrogen) atoms. The van der Waals surface area contributed by atoms with Crippen LogP contribution < -0.4 is 10.6 Å². The highest BCUT2D eigenvalue weighted by Gasteiger charge is 2.45. The van der Waals surface area contributed by atoms with Gasteiger partial charge in [0.05, 0.1) is 0 Å². The molecule has 4 fully saturated rings. The number of nitrogens with zero attached hydrogens (tertiary/aromatic N) is 2. The number of carbonyl (C=O) groups excluding carboxylic acids is 8. The summed E-state index contributed by atoms with van der Waals surface area (Å²) >= 11 is 0. The van der Waals surface area contributed by atoms with E-state index in [0.29, 0.717) is 44.6 Å². The Morgan fingerprint density at radius 3 is 1.17 bits per heavy atom. The summed E-state index contributed by atoms with van der Waals surface area (Å²) < 4.78 is 21.2. The Kier molecular flexibility index (Phi) is 25.7. The van der Waals surface area contributed by atoms with E-state index in [1.807, 2.05) is 139 Å². The first-order valence-corrected chi connectivity index (χ1v) is 35.7. The summed E-state index contributed by atoms with van der Waals surface area (Å²) in [7, 11) is 0. The van der Waals surface area contributed by atoms with Gasteiger partial charge in [-0.1, -0.05) is 239 Å². The Labute approximate surface area is 606 Å². The fraction of sp³-hybridized carbons (Fsp3) is 0.356. The fourth-order valence-electron chi connectivity index (χ4n) is 12.8. The number of ether oxygens (including phenoxy) is 4. The normalized spacial score (nSPS) is 17.5. The third-order valence-corrected chi connectivity index (χ3v) is 17.8. The van der Waals surface area contributed by atoms with E-state index >= 15 is 0 Å². The standard InChI is InChI=1S/C26H31NO6.C22H25NO3.C22H25NO2.C17H17NO/c1-25(2,3)33-24(30)27-20(16-21-22(28)31-26(4,5)32-23(21)29)15-17-11-13-19(14-12-17)18-9-7-6-8-10-18;1-22(2,3)26-21(25)23-19(13-14-20(23)24)15-16-9-11-18(12-10-16)17-7-5-4-6-8-17;1-22(2,3)21(25)23-19(13-14-20(23)24)15-16-9-11-18(12-10-16)17-7-5-4-6-8-17;19-17-11-10-16(18-17)12-13-6-8-15(9-7-13)14-4-2-1-3-5-14/h6-14,20-21H,15-16H2,1-5H3,(H,27,30);4-12,19H,13-15H2,1-3H3;4-12,19H,13-15H2,1-3H3;1-9,16H,10-12H2,(H,18,19)/t20-;2*19-;16-/m1000/s1. The van der Waals surface area contributed by atoms with E-state index in [0.717, 1.165) is 59.1 Å². The van der Waals surface area contributed by atoms with Crippen LogP contribution >= 0.6 is 0 Å². The summed E-state index contributed by atoms with van der Waals surface area (Å²) in [6.45, 7) is 19.3. The molecule has 4 heterocycles. The molecule has 0 unspecified atom stereocenters. The van der Waals surface area contributed by atoms with E-state index in [1.54, 1.807) is 20.8 Å². The molecule has 0 spiro atoms. The van der Waals surface area contributed by atoms with E-state index in [2.05, 4.69) is 132 Å². The number of alkyl carbamates (subject to hydrolysis) is 1. The van der Waals surface area contributed by atoms with Crippen LogP contribution in [-0.2, 0) is 73.4 Å². The maximum Gasteiger partial charge on any atom is 0.417 e. The van der Waals surface area contributed by atoms with Crippen LogP contribution in [0.2, 0.25) is 0 Å². The molecule has 538 valence electrons. The predicted octanol–water partition coefficient (Wildman–Crippen LogP) is 17.1. The van der Waals surface area contributed by atoms with Gasteiger partial charge in [-0.3, -0.25) is 33.7 Å². The molecule has 4 saturated heterocycles. The van der Waals surface area contributed by atoms with Crippen molar-refractivity contribution < 1.29 is 57.3 Å². The summed E-state index contributed by atoms with van der Waals surface area (Å²) in [5.74, 6) is -3.81. The molecular weight excluding hydrogens is 1290 g/mol. The Bertz CT molecular complexity index is 4140. The van der Waals surface area contributed by atoms with E-state index in [1.165, 1.54) is 57.0 Å². The smallest absolute Gasteiger partial charge is 0.417 e. The largest absolute Gasteiger partial charge is 0.444 e. The number of hydrogen-bond acceptors (Lipinski definition) is 12. The van der Waals surface area contributed by atoms with Gasteiger partial charge in [0, 0.05) is 62.7 Å². The topological polar surface area (TPSA) is 204 Å². The average molecular weight is 1390 g/mol. The van der Waals surface area contributed by atoms with Crippen LogP contribution in [0, 0.1) is 11.3 Å². The van der Waals surface area contributed by atoms with Crippen LogP contribution in [-0.4, -0.2) is 98.7 Å². The first kappa shape index (κ1) is 76.7. The van der Waals surface area contributed by atoms with Gasteiger partial charge in [0.15, 0.2) is 5.92 Å². The van der Waals surface area contributed by atoms with Gasteiger partial charge in [-0.25, -0.2) is 14.5 Å². The number of benzene rings is 8. The third-order valence-electron chi connectivity index (χ3n) is 17.8. The highest BCUT2D eigenvalue weighted by Crippen LogP contribution is 2.33. The molecule has 16 nitrogen and oxygen atoms in total. The number of rotatable bonds is 15. The second-order valence-electron chi connectivity index (χ2n) is 30.2. The number of carbonyl (C=O) groups is 8. The first-order valence-electron chi connectivity index (χ1n) is 35.7. The van der Waals surface area contributed by atoms with Crippen LogP contribution in [0.4, 0.5) is 9.59 Å². The molecule has 0 aromatic heterocycles. The van der Waals surface area contributed by atoms with Gasteiger partial charge in [0.2, 0.25) is 23.6 Å². The summed E-state index contributed by atoms with van der Waals surface area (Å²) in [5.41, 5.74) is 12.0. The SMILES string of the molecule is CC(C)(C)C(=O)N1C(=O)CC[C@H]1Cc1ccc(-c2ccccc2)cc1.CC(C)(C)OC(=O)N1C(=O)CC[C@H]1Cc1ccc(-c2ccccc2)cc1.CC(C)(C)OC(=O)N[C@H](Cc1ccc(-c2ccccc2)cc1)CC1C(=O)OC(C)(C)OC1=O.O=C1CC[C@@H](Cc2ccc(-c3ccccc3)cc2)N1. The van der Waals surface area contributed by atoms with Crippen molar-refractivity contribution in [3.63, 3.8) is 0 Å². The van der Waals surface area contributed by atoms with E-state index in [9.17, 15) is 38.4 Å². The number of esters is 2. The molecule has 6 amide bonds. The zero-order valence-electron chi connectivity index (χ0n) is 61.2. The maximum absolute atomic E-state index is 12.6. The number of hydrogen-bond donors (Lipinski definition) is 2. The van der Waals surface area contributed by atoms with Crippen molar-refractivity contribution in [2.24, 2.45) is 11.3 Å². The second kappa shape index (κ2) is 34.5. The monoisotopic (exact) mass is 1390 g/mol. The molecule has 0 aliphatic carbocycles. The zero-order chi connectivity index (χ0) is 74.1. The minimum atomic E-state index is -1.30. The highest BCUT2D eigenvalue weighted by atomic mass is 16.7. The lowest BCUT2D eigenvalue weighted by atomic mass is 9.93. The lowest BCUT2D eigenvalue weighted by molar-refractivity contribution is -0.240. The molecule has 4 aliphatic rings. The molecule has 4 atom stereocenters. The molecule has 12 rings (SSSR count). The number of nitrogens with one attached hydrogen (secondary N) is 2. The third kappa shape index (κ3) is 23.0. The van der Waals surface area contributed by atoms with Gasteiger partial charge >= 0.3 is 24.1 Å². The molecule has 16 heteroatoms. The van der Waals surface area contributed by atoms with E-state index in [4.69, 9.17) is 18.9 Å². The average Bonchev–Trinajstić information content (AvgIpc) is 1.80. The quantitative estimate of drug-likeness (QED) is 0.0559. The van der Waals surface area contributed by atoms with Gasteiger partial charge in [0.25, 0.3) is 5.79 Å². The lowest BCUT2D eigenvalue weighted by Crippen LogP contribution is -2.49. The minimum absolute atomic E-state index is 0.0261. The zero-order valence-corrected chi connectivity index (χ0v) is 61.2. The van der Waals surface area contributed by atoms with Crippen molar-refractivity contribution in [2.45, 2.75) is 188 Å². The summed E-state index contributed by atoms with van der Waals surface area (Å²) in [5, 5.41) is 5.81. The van der Waals surface area contributed by atoms with Gasteiger partial charge in [-0.2, -0.15) is 0 Å². The molecule has 2 N–H and O–H groups in total. The fourth-order valence-corrected chi connectivity index (χ4v) is 12.8. The van der Waals surface area contributed by atoms with Gasteiger partial charge in [-0.05, 0) is 160 Å². The Morgan fingerprint density at radius 1 is 0.456 bits per heavy atom. The Morgan fingerprint density at radius 2 is 0.806 bits per heavy atom. The van der Waals surface area contributed by atoms with Crippen molar-refractivity contribution >= 4 is 47.8 Å². The lowest BCUT2D eigenvalue weighted by Gasteiger charge is -2.34. The molecule has 0 radical (unpaired) electrons. The molecule has 4 aliphatic heterocycles. The van der Waals surface area contributed by atoms with Crippen LogP contribution in [0.5, 0.6) is 0 Å².